The number of carbonyl (C=O) groups is 5. The second kappa shape index (κ2) is 27.0. The van der Waals surface area contributed by atoms with Gasteiger partial charge >= 0.3 is 5.97 Å². The van der Waals surface area contributed by atoms with Crippen molar-refractivity contribution in [3.8, 4) is 0 Å². The highest BCUT2D eigenvalue weighted by atomic mass is 16.6. The third kappa shape index (κ3) is 15.8. The number of carbonyl (C=O) groups excluding carboxylic acids is 4. The summed E-state index contributed by atoms with van der Waals surface area (Å²) in [6.07, 6.45) is 12.2. The Morgan fingerprint density at radius 1 is 0.879 bits per heavy atom. The fraction of sp³-hybridized carbons (Fsp3) is 0.745. The van der Waals surface area contributed by atoms with E-state index in [-0.39, 0.29) is 48.9 Å². The van der Waals surface area contributed by atoms with Gasteiger partial charge in [0.15, 0.2) is 5.78 Å². The number of aliphatic carboxylic acids is 1. The Balaban J connectivity index is 1.50. The topological polar surface area (TPSA) is 227 Å². The molecule has 1 aliphatic carbocycles. The summed E-state index contributed by atoms with van der Waals surface area (Å²) < 4.78 is 22.6. The van der Waals surface area contributed by atoms with Gasteiger partial charge in [-0.3, -0.25) is 19.2 Å². The van der Waals surface area contributed by atoms with Crippen LogP contribution in [0.25, 0.3) is 0 Å². The van der Waals surface area contributed by atoms with Crippen molar-refractivity contribution in [2.24, 2.45) is 35.5 Å². The number of methoxy groups -OCH3 is 3. The molecule has 4 unspecified atom stereocenters. The first-order valence-corrected chi connectivity index (χ1v) is 24.0. The van der Waals surface area contributed by atoms with Crippen LogP contribution in [0, 0.1) is 35.5 Å². The van der Waals surface area contributed by atoms with Gasteiger partial charge in [-0.2, -0.15) is 0 Å². The van der Waals surface area contributed by atoms with E-state index >= 15 is 0 Å². The molecule has 2 heterocycles. The number of nitrogens with zero attached hydrogens (tertiary/aromatic N) is 1. The Labute approximate surface area is 392 Å². The maximum absolute atomic E-state index is 13.6. The fourth-order valence-corrected chi connectivity index (χ4v) is 9.76. The molecule has 0 spiro atoms. The predicted molar refractivity (Wildman–Crippen MR) is 249 cm³/mol. The van der Waals surface area contributed by atoms with E-state index in [0.717, 1.165) is 23.3 Å². The average Bonchev–Trinajstić information content (AvgIpc) is 3.28. The van der Waals surface area contributed by atoms with E-state index in [4.69, 9.17) is 18.9 Å². The number of ether oxygens (including phenoxy) is 4. The van der Waals surface area contributed by atoms with Gasteiger partial charge < -0.3 is 49.4 Å². The molecule has 3 fully saturated rings. The Morgan fingerprint density at radius 2 is 1.58 bits per heavy atom. The first kappa shape index (κ1) is 56.9. The molecule has 2 saturated heterocycles. The van der Waals surface area contributed by atoms with E-state index in [1.165, 1.54) is 7.11 Å². The van der Waals surface area contributed by atoms with Gasteiger partial charge in [-0.1, -0.05) is 71.1 Å². The summed E-state index contributed by atoms with van der Waals surface area (Å²) in [5.74, 6) is -7.74. The summed E-state index contributed by atoms with van der Waals surface area (Å²) in [5.41, 5.74) is 1.29. The van der Waals surface area contributed by atoms with Gasteiger partial charge in [0.1, 0.15) is 24.0 Å². The Bertz CT molecular complexity index is 1740. The van der Waals surface area contributed by atoms with Gasteiger partial charge in [0.2, 0.25) is 5.79 Å². The SMILES string of the molecule is CO[C@@H](C[C@@H]1CC[C@@H](C)[C@](O)(C(=O)C(=O)N2CCCC[C@@H]2C(=O)O)O1)/C(C)=C/C=C/C=C/C(C)CC(C)C(=O)[C@H](OC)[C@H](O)/C(C)=C/C(C)C(=O)CC(O)[C@H](C)C[C@@H]1CC[C@@H](O)[C@H](OC)C1. The Morgan fingerprint density at radius 3 is 2.21 bits per heavy atom. The molecule has 66 heavy (non-hydrogen) atoms. The molecule has 0 aromatic carbocycles. The second-order valence-corrected chi connectivity index (χ2v) is 19.5. The number of allylic oxidation sites excluding steroid dienone is 6. The van der Waals surface area contributed by atoms with Crippen LogP contribution in [0.3, 0.4) is 0 Å². The number of hydrogen-bond acceptors (Lipinski definition) is 13. The van der Waals surface area contributed by atoms with Crippen molar-refractivity contribution in [3.05, 3.63) is 47.6 Å². The van der Waals surface area contributed by atoms with Crippen molar-refractivity contribution in [2.75, 3.05) is 27.9 Å². The summed E-state index contributed by atoms with van der Waals surface area (Å²) in [4.78, 5) is 66.2. The smallest absolute Gasteiger partial charge is 0.326 e. The zero-order valence-electron chi connectivity index (χ0n) is 41.1. The van der Waals surface area contributed by atoms with Crippen LogP contribution in [-0.4, -0.2) is 142 Å². The van der Waals surface area contributed by atoms with Crippen molar-refractivity contribution in [1.82, 2.24) is 4.90 Å². The van der Waals surface area contributed by atoms with Gasteiger partial charge in [0.05, 0.1) is 30.5 Å². The molecular formula is C51H81NO14. The zero-order chi connectivity index (χ0) is 49.5. The minimum atomic E-state index is -2.39. The summed E-state index contributed by atoms with van der Waals surface area (Å²) >= 11 is 0. The molecule has 15 heteroatoms. The lowest BCUT2D eigenvalue weighted by Gasteiger charge is -2.42. The first-order valence-electron chi connectivity index (χ1n) is 24.0. The van der Waals surface area contributed by atoms with E-state index in [2.05, 4.69) is 0 Å². The van der Waals surface area contributed by atoms with Crippen LogP contribution in [0.2, 0.25) is 0 Å². The maximum atomic E-state index is 13.6. The van der Waals surface area contributed by atoms with E-state index < -0.39 is 83.9 Å². The monoisotopic (exact) mass is 932 g/mol. The fourth-order valence-electron chi connectivity index (χ4n) is 9.76. The van der Waals surface area contributed by atoms with Crippen molar-refractivity contribution in [1.29, 1.82) is 0 Å². The number of Topliss-reactive ketones (excluding diaryl/α,β-unsaturated/α-hetero) is 3. The predicted octanol–water partition coefficient (Wildman–Crippen LogP) is 5.70. The number of piperidine rings is 1. The lowest BCUT2D eigenvalue weighted by atomic mass is 9.78. The number of ketones is 3. The van der Waals surface area contributed by atoms with Gasteiger partial charge in [-0.25, -0.2) is 4.79 Å². The first-order chi connectivity index (χ1) is 31.1. The van der Waals surface area contributed by atoms with Crippen LogP contribution in [0.5, 0.6) is 0 Å². The van der Waals surface area contributed by atoms with E-state index in [9.17, 15) is 49.5 Å². The molecule has 0 bridgehead atoms. The van der Waals surface area contributed by atoms with Gasteiger partial charge in [-0.05, 0) is 107 Å². The number of aliphatic hydroxyl groups excluding tert-OH is 3. The highest BCUT2D eigenvalue weighted by Gasteiger charge is 2.53. The molecule has 374 valence electrons. The Hall–Kier alpha value is -3.41. The summed E-state index contributed by atoms with van der Waals surface area (Å²) in [6, 6.07) is -1.12. The van der Waals surface area contributed by atoms with Crippen LogP contribution in [-0.2, 0) is 42.9 Å². The van der Waals surface area contributed by atoms with Crippen molar-refractivity contribution < 1.29 is 68.5 Å². The van der Waals surface area contributed by atoms with Crippen molar-refractivity contribution in [3.63, 3.8) is 0 Å². The van der Waals surface area contributed by atoms with Crippen LogP contribution in [0.1, 0.15) is 126 Å². The van der Waals surface area contributed by atoms with Gasteiger partial charge in [0, 0.05) is 58.5 Å². The van der Waals surface area contributed by atoms with Crippen LogP contribution < -0.4 is 0 Å². The van der Waals surface area contributed by atoms with Crippen LogP contribution >= 0.6 is 0 Å². The van der Waals surface area contributed by atoms with Crippen molar-refractivity contribution in [2.45, 2.75) is 180 Å². The molecule has 1 amide bonds. The lowest BCUT2D eigenvalue weighted by Crippen LogP contribution is -2.60. The quantitative estimate of drug-likeness (QED) is 0.0421. The number of carboxylic acid groups (broad SMARTS) is 1. The maximum Gasteiger partial charge on any atom is 0.326 e. The highest BCUT2D eigenvalue weighted by Crippen LogP contribution is 2.37. The summed E-state index contributed by atoms with van der Waals surface area (Å²) in [5, 5.41) is 53.3. The van der Waals surface area contributed by atoms with Gasteiger partial charge in [-0.15, -0.1) is 0 Å². The minimum absolute atomic E-state index is 0.00151. The van der Waals surface area contributed by atoms with Crippen molar-refractivity contribution >= 4 is 29.2 Å². The molecule has 0 aromatic rings. The van der Waals surface area contributed by atoms with E-state index in [0.29, 0.717) is 62.9 Å². The molecule has 0 aromatic heterocycles. The largest absolute Gasteiger partial charge is 0.480 e. The number of amides is 1. The molecule has 3 rings (SSSR count). The number of aliphatic hydroxyl groups is 4. The number of hydrogen-bond donors (Lipinski definition) is 5. The molecule has 3 aliphatic rings. The third-order valence-corrected chi connectivity index (χ3v) is 14.3. The number of likely N-dealkylation sites (tertiary alicyclic amines) is 1. The summed E-state index contributed by atoms with van der Waals surface area (Å²) in [7, 11) is 4.52. The molecule has 0 radical (unpaired) electrons. The summed E-state index contributed by atoms with van der Waals surface area (Å²) in [6.45, 7) is 12.7. The van der Waals surface area contributed by atoms with E-state index in [1.54, 1.807) is 48.0 Å². The molecule has 2 aliphatic heterocycles. The molecular weight excluding hydrogens is 851 g/mol. The molecule has 5 N–H and O–H groups in total. The molecule has 15 atom stereocenters. The second-order valence-electron chi connectivity index (χ2n) is 19.5. The standard InChI is InChI=1S/C51H81NO14/c1-30(24-34(5)45(56)47(65-10)46(57)35(6)25-32(3)41(54)29-42(55)33(4)26-37-20-22-40(53)44(27-37)64-9)16-12-11-13-17-31(2)43(63-8)28-38-21-19-36(7)51(62,66-38)48(58)49(59)52-23-15-14-18-39(52)50(60)61/h11-13,16-17,25,30,32-34,36-40,42-44,46-47,53,55,57,62H,14-15,18-24,26-29H2,1-10H3,(H,60,61)/b13-11+,16-12+,31-17+,35-25+/t30?,32?,33-,34?,36-,37+,38+,39-,40-,42?,43+,44-,46-,47+,51-/m1/s1. The Kier molecular flexibility index (Phi) is 23.2. The highest BCUT2D eigenvalue weighted by molar-refractivity contribution is 6.39. The normalized spacial score (nSPS) is 29.5. The van der Waals surface area contributed by atoms with Crippen LogP contribution in [0.15, 0.2) is 47.6 Å². The molecule has 15 nitrogen and oxygen atoms in total. The van der Waals surface area contributed by atoms with Gasteiger partial charge in [0.25, 0.3) is 11.7 Å². The average molecular weight is 932 g/mol. The van der Waals surface area contributed by atoms with Crippen LogP contribution in [0.4, 0.5) is 0 Å². The third-order valence-electron chi connectivity index (χ3n) is 14.3. The number of carboxylic acids is 1. The van der Waals surface area contributed by atoms with E-state index in [1.807, 2.05) is 51.2 Å². The number of rotatable bonds is 25. The molecule has 1 saturated carbocycles. The zero-order valence-corrected chi connectivity index (χ0v) is 41.1. The minimum Gasteiger partial charge on any atom is -0.480 e. The lowest BCUT2D eigenvalue weighted by molar-refractivity contribution is -0.265.